The van der Waals surface area contributed by atoms with Crippen molar-refractivity contribution >= 4 is 0 Å². The minimum atomic E-state index is 0.254. The molecule has 81 valence electrons. The quantitative estimate of drug-likeness (QED) is 0.848. The molecule has 0 heterocycles. The number of rotatable bonds is 3. The molecule has 16 heavy (non-hydrogen) atoms. The van der Waals surface area contributed by atoms with E-state index >= 15 is 0 Å². The third-order valence-corrected chi connectivity index (χ3v) is 2.26. The van der Waals surface area contributed by atoms with E-state index in [0.29, 0.717) is 6.61 Å². The fourth-order valence-electron chi connectivity index (χ4n) is 1.59. The second-order valence-electron chi connectivity index (χ2n) is 3.40. The van der Waals surface area contributed by atoms with Gasteiger partial charge in [-0.15, -0.1) is 0 Å². The summed E-state index contributed by atoms with van der Waals surface area (Å²) in [4.78, 5) is 0. The molecule has 2 heteroatoms. The van der Waals surface area contributed by atoms with Gasteiger partial charge in [-0.1, -0.05) is 30.3 Å². The Kier molecular flexibility index (Phi) is 3.10. The number of hydrogen-bond acceptors (Lipinski definition) is 2. The molecular formula is C14H13O2. The SMILES string of the molecule is CCOc1[c]cccc1-c1cccc(O)c1. The van der Waals surface area contributed by atoms with Crippen LogP contribution in [0, 0.1) is 6.07 Å². The van der Waals surface area contributed by atoms with Crippen LogP contribution in [0.5, 0.6) is 11.5 Å². The minimum Gasteiger partial charge on any atom is -0.508 e. The molecule has 2 rings (SSSR count). The monoisotopic (exact) mass is 213 g/mol. The molecule has 0 atom stereocenters. The van der Waals surface area contributed by atoms with Crippen LogP contribution in [0.4, 0.5) is 0 Å². The molecule has 0 unspecified atom stereocenters. The van der Waals surface area contributed by atoms with Crippen LogP contribution in [-0.2, 0) is 0 Å². The summed E-state index contributed by atoms with van der Waals surface area (Å²) in [7, 11) is 0. The highest BCUT2D eigenvalue weighted by molar-refractivity contribution is 5.71. The van der Waals surface area contributed by atoms with E-state index < -0.39 is 0 Å². The van der Waals surface area contributed by atoms with Crippen LogP contribution in [0.3, 0.4) is 0 Å². The Hall–Kier alpha value is -1.96. The summed E-state index contributed by atoms with van der Waals surface area (Å²) in [6.07, 6.45) is 0. The van der Waals surface area contributed by atoms with Gasteiger partial charge in [-0.2, -0.15) is 0 Å². The molecule has 0 aromatic heterocycles. The van der Waals surface area contributed by atoms with Gasteiger partial charge in [0.1, 0.15) is 11.5 Å². The normalized spacial score (nSPS) is 10.1. The second-order valence-corrected chi connectivity index (χ2v) is 3.40. The van der Waals surface area contributed by atoms with Crippen molar-refractivity contribution in [3.63, 3.8) is 0 Å². The first-order valence-corrected chi connectivity index (χ1v) is 5.24. The Morgan fingerprint density at radius 3 is 2.88 bits per heavy atom. The zero-order chi connectivity index (χ0) is 11.4. The number of aromatic hydroxyl groups is 1. The molecule has 0 saturated carbocycles. The first kappa shape index (κ1) is 10.6. The van der Waals surface area contributed by atoms with E-state index in [2.05, 4.69) is 6.07 Å². The van der Waals surface area contributed by atoms with E-state index in [1.165, 1.54) is 0 Å². The maximum Gasteiger partial charge on any atom is 0.135 e. The van der Waals surface area contributed by atoms with Gasteiger partial charge in [0, 0.05) is 11.6 Å². The number of benzene rings is 2. The van der Waals surface area contributed by atoms with Gasteiger partial charge < -0.3 is 9.84 Å². The fraction of sp³-hybridized carbons (Fsp3) is 0.143. The zero-order valence-corrected chi connectivity index (χ0v) is 9.10. The third-order valence-electron chi connectivity index (χ3n) is 2.26. The fourth-order valence-corrected chi connectivity index (χ4v) is 1.59. The standard InChI is InChI=1S/C14H13O2/c1-2-16-14-9-4-3-8-13(14)11-6-5-7-12(15)10-11/h3-8,10,15H,2H2,1H3. The number of para-hydroxylation sites is 1. The molecule has 0 amide bonds. The maximum atomic E-state index is 9.44. The molecule has 0 fully saturated rings. The number of phenols is 1. The molecule has 2 aromatic rings. The summed E-state index contributed by atoms with van der Waals surface area (Å²) in [5.41, 5.74) is 1.88. The molecule has 1 radical (unpaired) electrons. The van der Waals surface area contributed by atoms with Crippen LogP contribution in [0.25, 0.3) is 11.1 Å². The molecule has 0 saturated heterocycles. The van der Waals surface area contributed by atoms with Crippen LogP contribution in [0.15, 0.2) is 42.5 Å². The van der Waals surface area contributed by atoms with Crippen molar-refractivity contribution in [3.8, 4) is 22.6 Å². The Morgan fingerprint density at radius 1 is 1.25 bits per heavy atom. The first-order chi connectivity index (χ1) is 7.81. The Bertz CT molecular complexity index is 478. The van der Waals surface area contributed by atoms with Crippen molar-refractivity contribution in [2.75, 3.05) is 6.61 Å². The smallest absolute Gasteiger partial charge is 0.135 e. The van der Waals surface area contributed by atoms with Crippen molar-refractivity contribution in [1.29, 1.82) is 0 Å². The van der Waals surface area contributed by atoms with Gasteiger partial charge in [-0.25, -0.2) is 0 Å². The van der Waals surface area contributed by atoms with Gasteiger partial charge in [0.25, 0.3) is 0 Å². The Balaban J connectivity index is 2.46. The molecular weight excluding hydrogens is 200 g/mol. The second kappa shape index (κ2) is 4.71. The van der Waals surface area contributed by atoms with Crippen molar-refractivity contribution in [2.24, 2.45) is 0 Å². The molecule has 1 N–H and O–H groups in total. The topological polar surface area (TPSA) is 29.5 Å². The molecule has 2 aromatic carbocycles. The summed E-state index contributed by atoms with van der Waals surface area (Å²) >= 11 is 0. The van der Waals surface area contributed by atoms with E-state index in [0.717, 1.165) is 16.9 Å². The van der Waals surface area contributed by atoms with Crippen molar-refractivity contribution < 1.29 is 9.84 Å². The van der Waals surface area contributed by atoms with Gasteiger partial charge in [-0.05, 0) is 24.6 Å². The summed E-state index contributed by atoms with van der Waals surface area (Å²) in [5.74, 6) is 0.972. The highest BCUT2D eigenvalue weighted by Gasteiger charge is 2.05. The van der Waals surface area contributed by atoms with Crippen molar-refractivity contribution in [3.05, 3.63) is 48.5 Å². The van der Waals surface area contributed by atoms with Crippen LogP contribution in [-0.4, -0.2) is 11.7 Å². The average molecular weight is 213 g/mol. The lowest BCUT2D eigenvalue weighted by atomic mass is 10.0. The van der Waals surface area contributed by atoms with Gasteiger partial charge in [0.15, 0.2) is 0 Å². The van der Waals surface area contributed by atoms with E-state index in [1.54, 1.807) is 12.1 Å². The summed E-state index contributed by atoms with van der Waals surface area (Å²) < 4.78 is 5.49. The van der Waals surface area contributed by atoms with E-state index in [9.17, 15) is 5.11 Å². The molecule has 0 spiro atoms. The van der Waals surface area contributed by atoms with Gasteiger partial charge in [0.05, 0.1) is 6.61 Å². The summed E-state index contributed by atoms with van der Waals surface area (Å²) in [5, 5.41) is 9.44. The third kappa shape index (κ3) is 2.16. The number of hydrogen-bond donors (Lipinski definition) is 1. The van der Waals surface area contributed by atoms with Crippen molar-refractivity contribution in [1.82, 2.24) is 0 Å². The molecule has 0 aliphatic heterocycles. The zero-order valence-electron chi connectivity index (χ0n) is 9.10. The van der Waals surface area contributed by atoms with Crippen LogP contribution < -0.4 is 4.74 Å². The summed E-state index contributed by atoms with van der Waals surface area (Å²) in [6, 6.07) is 15.8. The van der Waals surface area contributed by atoms with Gasteiger partial charge in [0.2, 0.25) is 0 Å². The lowest BCUT2D eigenvalue weighted by Crippen LogP contribution is -1.93. The van der Waals surface area contributed by atoms with E-state index in [4.69, 9.17) is 4.74 Å². The molecule has 0 aliphatic rings. The largest absolute Gasteiger partial charge is 0.508 e. The molecule has 2 nitrogen and oxygen atoms in total. The highest BCUT2D eigenvalue weighted by Crippen LogP contribution is 2.30. The Labute approximate surface area is 95.1 Å². The molecule has 0 aliphatic carbocycles. The Morgan fingerprint density at radius 2 is 2.12 bits per heavy atom. The van der Waals surface area contributed by atoms with Crippen molar-refractivity contribution in [2.45, 2.75) is 6.92 Å². The number of ether oxygens (including phenoxy) is 1. The first-order valence-electron chi connectivity index (χ1n) is 5.24. The summed E-state index contributed by atoms with van der Waals surface area (Å²) in [6.45, 7) is 2.54. The van der Waals surface area contributed by atoms with E-state index in [1.807, 2.05) is 37.3 Å². The average Bonchev–Trinajstić information content (AvgIpc) is 2.30. The lowest BCUT2D eigenvalue weighted by molar-refractivity contribution is 0.341. The lowest BCUT2D eigenvalue weighted by Gasteiger charge is -2.09. The highest BCUT2D eigenvalue weighted by atomic mass is 16.5. The van der Waals surface area contributed by atoms with Crippen LogP contribution >= 0.6 is 0 Å². The predicted octanol–water partition coefficient (Wildman–Crippen LogP) is 3.26. The van der Waals surface area contributed by atoms with Gasteiger partial charge >= 0.3 is 0 Å². The van der Waals surface area contributed by atoms with Crippen LogP contribution in [0.1, 0.15) is 6.92 Å². The van der Waals surface area contributed by atoms with Crippen LogP contribution in [0.2, 0.25) is 0 Å². The van der Waals surface area contributed by atoms with E-state index in [-0.39, 0.29) is 5.75 Å². The minimum absolute atomic E-state index is 0.254. The number of phenolic OH excluding ortho intramolecular Hbond substituents is 1. The predicted molar refractivity (Wildman–Crippen MR) is 63.5 cm³/mol. The molecule has 0 bridgehead atoms. The van der Waals surface area contributed by atoms with Gasteiger partial charge in [-0.3, -0.25) is 0 Å². The maximum absolute atomic E-state index is 9.44.